The predicted octanol–water partition coefficient (Wildman–Crippen LogP) is 2.29. The first-order valence-corrected chi connectivity index (χ1v) is 10.0. The van der Waals surface area contributed by atoms with Crippen LogP contribution in [0.4, 0.5) is 4.39 Å². The molecule has 0 radical (unpaired) electrons. The van der Waals surface area contributed by atoms with Crippen molar-refractivity contribution in [1.82, 2.24) is 10.7 Å². The largest absolute Gasteiger partial charge is 0.493 e. The molecule has 2 N–H and O–H groups in total. The summed E-state index contributed by atoms with van der Waals surface area (Å²) in [5.74, 6) is -2.06. The van der Waals surface area contributed by atoms with Crippen molar-refractivity contribution < 1.29 is 33.0 Å². The van der Waals surface area contributed by atoms with Crippen LogP contribution in [0.25, 0.3) is 0 Å². The number of hydrogen-bond donors (Lipinski definition) is 2. The third-order valence-electron chi connectivity index (χ3n) is 4.50. The van der Waals surface area contributed by atoms with E-state index in [1.54, 1.807) is 32.0 Å². The number of rotatable bonds is 10. The minimum atomic E-state index is -0.933. The van der Waals surface area contributed by atoms with Gasteiger partial charge in [-0.3, -0.25) is 9.59 Å². The summed E-state index contributed by atoms with van der Waals surface area (Å²) in [5, 5.41) is 6.45. The van der Waals surface area contributed by atoms with Crippen molar-refractivity contribution in [3.05, 3.63) is 59.4 Å². The maximum absolute atomic E-state index is 13.9. The number of hydrazone groups is 1. The van der Waals surface area contributed by atoms with Crippen LogP contribution in [0, 0.1) is 11.7 Å². The van der Waals surface area contributed by atoms with Gasteiger partial charge >= 0.3 is 5.97 Å². The van der Waals surface area contributed by atoms with Crippen molar-refractivity contribution in [3.8, 4) is 11.5 Å². The third kappa shape index (κ3) is 7.30. The van der Waals surface area contributed by atoms with Gasteiger partial charge in [-0.2, -0.15) is 5.10 Å². The van der Waals surface area contributed by atoms with Gasteiger partial charge in [0.05, 0.1) is 26.0 Å². The third-order valence-corrected chi connectivity index (χ3v) is 4.50. The molecule has 2 rings (SSSR count). The Bertz CT molecular complexity index is 1030. The van der Waals surface area contributed by atoms with Crippen molar-refractivity contribution >= 4 is 24.0 Å². The summed E-state index contributed by atoms with van der Waals surface area (Å²) in [6, 6.07) is 9.40. The Morgan fingerprint density at radius 1 is 1.09 bits per heavy atom. The quantitative estimate of drug-likeness (QED) is 0.320. The molecule has 0 heterocycles. The fraction of sp³-hybridized carbons (Fsp3) is 0.304. The van der Waals surface area contributed by atoms with Crippen LogP contribution in [0.2, 0.25) is 0 Å². The summed E-state index contributed by atoms with van der Waals surface area (Å²) < 4.78 is 29.0. The number of amides is 2. The average Bonchev–Trinajstić information content (AvgIpc) is 2.80. The Morgan fingerprint density at radius 2 is 1.82 bits per heavy atom. The van der Waals surface area contributed by atoms with Gasteiger partial charge in [0.25, 0.3) is 11.8 Å². The lowest BCUT2D eigenvalue weighted by molar-refractivity contribution is -0.142. The number of esters is 1. The van der Waals surface area contributed by atoms with Crippen LogP contribution in [0.15, 0.2) is 47.6 Å². The molecule has 0 bridgehead atoms. The van der Waals surface area contributed by atoms with Gasteiger partial charge in [0, 0.05) is 0 Å². The molecule has 0 spiro atoms. The zero-order valence-corrected chi connectivity index (χ0v) is 18.8. The zero-order valence-electron chi connectivity index (χ0n) is 18.8. The second-order valence-electron chi connectivity index (χ2n) is 7.18. The molecule has 0 aromatic heterocycles. The van der Waals surface area contributed by atoms with E-state index in [2.05, 4.69) is 20.6 Å². The van der Waals surface area contributed by atoms with E-state index in [-0.39, 0.29) is 18.1 Å². The van der Waals surface area contributed by atoms with E-state index in [4.69, 9.17) is 9.47 Å². The van der Waals surface area contributed by atoms with E-state index in [9.17, 15) is 18.8 Å². The predicted molar refractivity (Wildman–Crippen MR) is 119 cm³/mol. The molecule has 1 unspecified atom stereocenters. The summed E-state index contributed by atoms with van der Waals surface area (Å²) in [4.78, 5) is 36.2. The number of hydrogen-bond acceptors (Lipinski definition) is 7. The van der Waals surface area contributed by atoms with Crippen molar-refractivity contribution in [2.45, 2.75) is 19.9 Å². The molecular weight excluding hydrogens is 433 g/mol. The van der Waals surface area contributed by atoms with Gasteiger partial charge in [-0.05, 0) is 41.8 Å². The molecule has 0 aliphatic rings. The smallest absolute Gasteiger partial charge is 0.343 e. The molecule has 2 aromatic carbocycles. The fourth-order valence-corrected chi connectivity index (χ4v) is 2.72. The highest BCUT2D eigenvalue weighted by Gasteiger charge is 2.25. The van der Waals surface area contributed by atoms with Gasteiger partial charge in [0.15, 0.2) is 18.1 Å². The first-order valence-electron chi connectivity index (χ1n) is 10.0. The Labute approximate surface area is 190 Å². The maximum atomic E-state index is 13.9. The number of benzene rings is 2. The van der Waals surface area contributed by atoms with E-state index in [0.717, 1.165) is 0 Å². The van der Waals surface area contributed by atoms with Gasteiger partial charge in [0.2, 0.25) is 0 Å². The molecule has 33 heavy (non-hydrogen) atoms. The standard InChI is InChI=1S/C23H26FN3O6/c1-14(2)21(26-22(29)16-7-5-6-8-17(16)24)23(30)27-25-12-15-9-10-18(19(11-15)31-3)33-13-20(28)32-4/h5-12,14,21H,13H2,1-4H3,(H,26,29)(H,27,30). The van der Waals surface area contributed by atoms with Gasteiger partial charge in [-0.15, -0.1) is 0 Å². The topological polar surface area (TPSA) is 115 Å². The van der Waals surface area contributed by atoms with Crippen LogP contribution in [0.5, 0.6) is 11.5 Å². The van der Waals surface area contributed by atoms with E-state index < -0.39 is 29.6 Å². The molecule has 2 aromatic rings. The van der Waals surface area contributed by atoms with Crippen LogP contribution in [-0.4, -0.2) is 50.9 Å². The first kappa shape index (κ1) is 25.3. The van der Waals surface area contributed by atoms with Crippen LogP contribution < -0.4 is 20.2 Å². The molecule has 1 atom stereocenters. The minimum Gasteiger partial charge on any atom is -0.493 e. The van der Waals surface area contributed by atoms with Gasteiger partial charge in [-0.1, -0.05) is 26.0 Å². The summed E-state index contributed by atoms with van der Waals surface area (Å²) in [6.45, 7) is 3.21. The lowest BCUT2D eigenvalue weighted by Crippen LogP contribution is -2.48. The van der Waals surface area contributed by atoms with Crippen LogP contribution in [-0.2, 0) is 14.3 Å². The molecule has 176 valence electrons. The molecular formula is C23H26FN3O6. The van der Waals surface area contributed by atoms with Gasteiger partial charge < -0.3 is 19.5 Å². The summed E-state index contributed by atoms with van der Waals surface area (Å²) in [7, 11) is 2.69. The van der Waals surface area contributed by atoms with Crippen molar-refractivity contribution in [2.75, 3.05) is 20.8 Å². The summed E-state index contributed by atoms with van der Waals surface area (Å²) in [5.41, 5.74) is 2.80. The van der Waals surface area contributed by atoms with E-state index >= 15 is 0 Å². The SMILES string of the molecule is COC(=O)COc1ccc(C=NNC(=O)C(NC(=O)c2ccccc2F)C(C)C)cc1OC. The Kier molecular flexibility index (Phi) is 9.34. The van der Waals surface area contributed by atoms with E-state index in [0.29, 0.717) is 17.1 Å². The summed E-state index contributed by atoms with van der Waals surface area (Å²) >= 11 is 0. The second kappa shape index (κ2) is 12.2. The molecule has 0 fully saturated rings. The maximum Gasteiger partial charge on any atom is 0.343 e. The normalized spacial score (nSPS) is 11.7. The number of nitrogens with zero attached hydrogens (tertiary/aromatic N) is 1. The number of carbonyl (C=O) groups is 3. The van der Waals surface area contributed by atoms with E-state index in [1.165, 1.54) is 44.7 Å². The highest BCUT2D eigenvalue weighted by molar-refractivity contribution is 5.98. The lowest BCUT2D eigenvalue weighted by atomic mass is 10.0. The molecule has 0 saturated carbocycles. The monoisotopic (exact) mass is 459 g/mol. The molecule has 10 heteroatoms. The number of carbonyl (C=O) groups excluding carboxylic acids is 3. The lowest BCUT2D eigenvalue weighted by Gasteiger charge is -2.20. The number of ether oxygens (including phenoxy) is 3. The van der Waals surface area contributed by atoms with Crippen molar-refractivity contribution in [3.63, 3.8) is 0 Å². The van der Waals surface area contributed by atoms with Crippen LogP contribution in [0.1, 0.15) is 29.8 Å². The van der Waals surface area contributed by atoms with Gasteiger partial charge in [-0.25, -0.2) is 14.6 Å². The molecule has 2 amide bonds. The Hall–Kier alpha value is -3.95. The Balaban J connectivity index is 2.03. The molecule has 0 aliphatic carbocycles. The van der Waals surface area contributed by atoms with E-state index in [1.807, 2.05) is 0 Å². The number of halogens is 1. The molecule has 0 aliphatic heterocycles. The van der Waals surface area contributed by atoms with Crippen molar-refractivity contribution in [1.29, 1.82) is 0 Å². The van der Waals surface area contributed by atoms with Gasteiger partial charge in [0.1, 0.15) is 11.9 Å². The fourth-order valence-electron chi connectivity index (χ4n) is 2.72. The molecule has 9 nitrogen and oxygen atoms in total. The number of nitrogens with one attached hydrogen (secondary N) is 2. The summed E-state index contributed by atoms with van der Waals surface area (Å²) in [6.07, 6.45) is 1.38. The average molecular weight is 459 g/mol. The first-order chi connectivity index (χ1) is 15.8. The van der Waals surface area contributed by atoms with Crippen LogP contribution in [0.3, 0.4) is 0 Å². The second-order valence-corrected chi connectivity index (χ2v) is 7.18. The zero-order chi connectivity index (χ0) is 24.4. The highest BCUT2D eigenvalue weighted by atomic mass is 19.1. The van der Waals surface area contributed by atoms with Crippen molar-refractivity contribution in [2.24, 2.45) is 11.0 Å². The van der Waals surface area contributed by atoms with Crippen LogP contribution >= 0.6 is 0 Å². The number of methoxy groups -OCH3 is 2. The molecule has 0 saturated heterocycles. The Morgan fingerprint density at radius 3 is 2.45 bits per heavy atom. The minimum absolute atomic E-state index is 0.152. The highest BCUT2D eigenvalue weighted by Crippen LogP contribution is 2.27.